The Morgan fingerprint density at radius 3 is 2.52 bits per heavy atom. The monoisotopic (exact) mass is 368 g/mol. The highest BCUT2D eigenvalue weighted by Crippen LogP contribution is 2.23. The second kappa shape index (κ2) is 8.31. The maximum Gasteiger partial charge on any atom is 0.257 e. The molecular formula is C19H20N4O4. The summed E-state index contributed by atoms with van der Waals surface area (Å²) in [5.41, 5.74) is 1.15. The highest BCUT2D eigenvalue weighted by atomic mass is 16.5. The lowest BCUT2D eigenvalue weighted by atomic mass is 10.1. The van der Waals surface area contributed by atoms with Gasteiger partial charge in [0.25, 0.3) is 11.8 Å². The number of nitrogens with one attached hydrogen (secondary N) is 1. The van der Waals surface area contributed by atoms with E-state index in [1.54, 1.807) is 34.1 Å². The fourth-order valence-corrected chi connectivity index (χ4v) is 2.84. The average molecular weight is 368 g/mol. The molecule has 0 radical (unpaired) electrons. The summed E-state index contributed by atoms with van der Waals surface area (Å²) in [4.78, 5) is 43.3. The molecule has 0 unspecified atom stereocenters. The molecule has 8 nitrogen and oxygen atoms in total. The molecule has 1 saturated heterocycles. The summed E-state index contributed by atoms with van der Waals surface area (Å²) >= 11 is 0. The Hall–Kier alpha value is -3.42. The third-order valence-electron chi connectivity index (χ3n) is 4.35. The summed E-state index contributed by atoms with van der Waals surface area (Å²) in [6.07, 6.45) is 3.63. The van der Waals surface area contributed by atoms with Gasteiger partial charge in [-0.1, -0.05) is 12.1 Å². The SMILES string of the molecule is COc1ccccc1NC(=O)c1cncc(C(=O)N2CCN(C=O)CC2)c1. The van der Waals surface area contributed by atoms with E-state index in [1.807, 2.05) is 0 Å². The number of carbonyl (C=O) groups excluding carboxylic acids is 3. The van der Waals surface area contributed by atoms with E-state index in [9.17, 15) is 14.4 Å². The van der Waals surface area contributed by atoms with E-state index < -0.39 is 0 Å². The third kappa shape index (κ3) is 4.22. The number of piperazine rings is 1. The number of hydrogen-bond acceptors (Lipinski definition) is 5. The molecule has 140 valence electrons. The number of anilines is 1. The molecule has 1 aliphatic rings. The molecule has 1 aromatic heterocycles. The first kappa shape index (κ1) is 18.4. The molecule has 2 heterocycles. The third-order valence-corrected chi connectivity index (χ3v) is 4.35. The van der Waals surface area contributed by atoms with Crippen molar-refractivity contribution in [2.75, 3.05) is 38.6 Å². The average Bonchev–Trinajstić information content (AvgIpc) is 2.73. The smallest absolute Gasteiger partial charge is 0.257 e. The van der Waals surface area contributed by atoms with Crippen LogP contribution in [0.15, 0.2) is 42.7 Å². The molecule has 0 atom stereocenters. The van der Waals surface area contributed by atoms with Gasteiger partial charge in [-0.2, -0.15) is 0 Å². The normalized spacial score (nSPS) is 13.8. The number of pyridine rings is 1. The number of ether oxygens (including phenoxy) is 1. The zero-order valence-corrected chi connectivity index (χ0v) is 14.9. The van der Waals surface area contributed by atoms with Crippen molar-refractivity contribution in [2.24, 2.45) is 0 Å². The van der Waals surface area contributed by atoms with Crippen molar-refractivity contribution >= 4 is 23.9 Å². The van der Waals surface area contributed by atoms with Gasteiger partial charge in [0.1, 0.15) is 5.75 Å². The van der Waals surface area contributed by atoms with Gasteiger partial charge < -0.3 is 19.9 Å². The van der Waals surface area contributed by atoms with Gasteiger partial charge in [0.2, 0.25) is 6.41 Å². The van der Waals surface area contributed by atoms with Crippen LogP contribution >= 0.6 is 0 Å². The number of para-hydroxylation sites is 2. The van der Waals surface area contributed by atoms with Gasteiger partial charge in [0.15, 0.2) is 0 Å². The lowest BCUT2D eigenvalue weighted by Gasteiger charge is -2.32. The number of amides is 3. The number of carbonyl (C=O) groups is 3. The largest absolute Gasteiger partial charge is 0.495 e. The van der Waals surface area contributed by atoms with Crippen LogP contribution in [0.25, 0.3) is 0 Å². The molecule has 1 fully saturated rings. The van der Waals surface area contributed by atoms with E-state index in [0.717, 1.165) is 6.41 Å². The standard InChI is InChI=1S/C19H20N4O4/c1-27-17-5-3-2-4-16(17)21-18(25)14-10-15(12-20-11-14)19(26)23-8-6-22(13-24)7-9-23/h2-5,10-13H,6-9H2,1H3,(H,21,25). The van der Waals surface area contributed by atoms with Crippen molar-refractivity contribution in [1.29, 1.82) is 0 Å². The number of nitrogens with zero attached hydrogens (tertiary/aromatic N) is 3. The fraction of sp³-hybridized carbons (Fsp3) is 0.263. The van der Waals surface area contributed by atoms with Gasteiger partial charge in [0, 0.05) is 38.6 Å². The Kier molecular flexibility index (Phi) is 5.65. The van der Waals surface area contributed by atoms with Crippen LogP contribution < -0.4 is 10.1 Å². The molecule has 2 aromatic rings. The molecule has 8 heteroatoms. The lowest BCUT2D eigenvalue weighted by molar-refractivity contribution is -0.119. The Morgan fingerprint density at radius 2 is 1.81 bits per heavy atom. The van der Waals surface area contributed by atoms with Crippen molar-refractivity contribution in [3.63, 3.8) is 0 Å². The molecule has 0 bridgehead atoms. The first-order chi connectivity index (χ1) is 13.1. The summed E-state index contributed by atoms with van der Waals surface area (Å²) in [6.45, 7) is 1.90. The van der Waals surface area contributed by atoms with Crippen LogP contribution in [0, 0.1) is 0 Å². The molecule has 27 heavy (non-hydrogen) atoms. The van der Waals surface area contributed by atoms with Crippen LogP contribution in [0.1, 0.15) is 20.7 Å². The Bertz CT molecular complexity index is 847. The van der Waals surface area contributed by atoms with Gasteiger partial charge in [0.05, 0.1) is 23.9 Å². The number of methoxy groups -OCH3 is 1. The minimum absolute atomic E-state index is 0.208. The Labute approximate surface area is 156 Å². The first-order valence-corrected chi connectivity index (χ1v) is 8.50. The molecule has 1 N–H and O–H groups in total. The molecule has 1 aromatic carbocycles. The highest BCUT2D eigenvalue weighted by molar-refractivity contribution is 6.06. The summed E-state index contributed by atoms with van der Waals surface area (Å²) in [7, 11) is 1.52. The van der Waals surface area contributed by atoms with Crippen LogP contribution in [-0.4, -0.2) is 66.3 Å². The lowest BCUT2D eigenvalue weighted by Crippen LogP contribution is -2.48. The minimum Gasteiger partial charge on any atom is -0.495 e. The quantitative estimate of drug-likeness (QED) is 0.802. The molecular weight excluding hydrogens is 348 g/mol. The van der Waals surface area contributed by atoms with E-state index in [2.05, 4.69) is 10.3 Å². The van der Waals surface area contributed by atoms with Gasteiger partial charge in [-0.25, -0.2) is 0 Å². The Balaban J connectivity index is 1.72. The van der Waals surface area contributed by atoms with Crippen molar-refractivity contribution in [3.05, 3.63) is 53.9 Å². The second-order valence-corrected chi connectivity index (χ2v) is 6.05. The zero-order valence-electron chi connectivity index (χ0n) is 14.9. The second-order valence-electron chi connectivity index (χ2n) is 6.05. The van der Waals surface area contributed by atoms with E-state index >= 15 is 0 Å². The van der Waals surface area contributed by atoms with Crippen molar-refractivity contribution in [3.8, 4) is 5.75 Å². The first-order valence-electron chi connectivity index (χ1n) is 8.50. The maximum absolute atomic E-state index is 12.7. The van der Waals surface area contributed by atoms with Crippen LogP contribution in [0.5, 0.6) is 5.75 Å². The topological polar surface area (TPSA) is 91.8 Å². The molecule has 3 amide bonds. The summed E-state index contributed by atoms with van der Waals surface area (Å²) < 4.78 is 5.22. The number of rotatable bonds is 5. The molecule has 1 aliphatic heterocycles. The molecule has 3 rings (SSSR count). The van der Waals surface area contributed by atoms with Crippen LogP contribution in [0.3, 0.4) is 0 Å². The predicted octanol–water partition coefficient (Wildman–Crippen LogP) is 1.26. The summed E-state index contributed by atoms with van der Waals surface area (Å²) in [5, 5.41) is 2.76. The van der Waals surface area contributed by atoms with Crippen molar-refractivity contribution in [2.45, 2.75) is 0 Å². The summed E-state index contributed by atoms with van der Waals surface area (Å²) in [6, 6.07) is 8.58. The fourth-order valence-electron chi connectivity index (χ4n) is 2.84. The van der Waals surface area contributed by atoms with Crippen molar-refractivity contribution < 1.29 is 19.1 Å². The van der Waals surface area contributed by atoms with Gasteiger partial charge in [-0.15, -0.1) is 0 Å². The van der Waals surface area contributed by atoms with Crippen LogP contribution in [0.4, 0.5) is 5.69 Å². The van der Waals surface area contributed by atoms with E-state index in [1.165, 1.54) is 25.6 Å². The van der Waals surface area contributed by atoms with Crippen LogP contribution in [0.2, 0.25) is 0 Å². The van der Waals surface area contributed by atoms with E-state index in [0.29, 0.717) is 43.2 Å². The number of aromatic nitrogens is 1. The molecule has 0 spiro atoms. The number of benzene rings is 1. The van der Waals surface area contributed by atoms with Crippen LogP contribution in [-0.2, 0) is 4.79 Å². The van der Waals surface area contributed by atoms with E-state index in [-0.39, 0.29) is 17.4 Å². The van der Waals surface area contributed by atoms with Gasteiger partial charge >= 0.3 is 0 Å². The highest BCUT2D eigenvalue weighted by Gasteiger charge is 2.22. The van der Waals surface area contributed by atoms with Gasteiger partial charge in [-0.05, 0) is 18.2 Å². The molecule has 0 aliphatic carbocycles. The van der Waals surface area contributed by atoms with E-state index in [4.69, 9.17) is 4.74 Å². The predicted molar refractivity (Wildman–Crippen MR) is 98.7 cm³/mol. The maximum atomic E-state index is 12.7. The van der Waals surface area contributed by atoms with Crippen molar-refractivity contribution in [1.82, 2.24) is 14.8 Å². The molecule has 0 saturated carbocycles. The minimum atomic E-state index is -0.382. The summed E-state index contributed by atoms with van der Waals surface area (Å²) in [5.74, 6) is -0.0495. The zero-order chi connectivity index (χ0) is 19.2. The number of hydrogen-bond donors (Lipinski definition) is 1. The van der Waals surface area contributed by atoms with Gasteiger partial charge in [-0.3, -0.25) is 19.4 Å². The Morgan fingerprint density at radius 1 is 1.11 bits per heavy atom.